The zero-order chi connectivity index (χ0) is 20.1. The van der Waals surface area contributed by atoms with Gasteiger partial charge in [0, 0.05) is 11.1 Å². The fourth-order valence-corrected chi connectivity index (χ4v) is 3.01. The predicted octanol–water partition coefficient (Wildman–Crippen LogP) is 4.76. The highest BCUT2D eigenvalue weighted by Gasteiger charge is 2.58. The Morgan fingerprint density at radius 2 is 1.15 bits per heavy atom. The van der Waals surface area contributed by atoms with Crippen molar-refractivity contribution in [3.63, 3.8) is 0 Å². The van der Waals surface area contributed by atoms with E-state index in [1.807, 2.05) is 27.7 Å². The summed E-state index contributed by atoms with van der Waals surface area (Å²) in [6.07, 6.45) is -5.10. The average molecular weight is 380 g/mol. The van der Waals surface area contributed by atoms with Gasteiger partial charge >= 0.3 is 13.3 Å². The highest BCUT2D eigenvalue weighted by atomic mass is 19.4. The summed E-state index contributed by atoms with van der Waals surface area (Å²) in [6.45, 7) is 7.53. The molecule has 1 unspecified atom stereocenters. The molecule has 0 spiro atoms. The maximum Gasteiger partial charge on any atom is 0.494 e. The molecule has 1 atom stereocenters. The van der Waals surface area contributed by atoms with E-state index in [0.29, 0.717) is 5.46 Å². The molecule has 0 bridgehead atoms. The van der Waals surface area contributed by atoms with Gasteiger partial charge in [-0.1, -0.05) is 54.6 Å². The van der Waals surface area contributed by atoms with Crippen molar-refractivity contribution in [3.05, 3.63) is 65.7 Å². The highest BCUT2D eigenvalue weighted by molar-refractivity contribution is 6.62. The molecular weight excluding hydrogens is 359 g/mol. The smallest absolute Gasteiger partial charge is 0.399 e. The van der Waals surface area contributed by atoms with Gasteiger partial charge < -0.3 is 9.31 Å². The van der Waals surface area contributed by atoms with Crippen LogP contribution in [-0.2, 0) is 15.0 Å². The Bertz CT molecular complexity index is 787. The Morgan fingerprint density at radius 3 is 1.59 bits per heavy atom. The van der Waals surface area contributed by atoms with Crippen molar-refractivity contribution in [3.8, 4) is 0 Å². The van der Waals surface area contributed by atoms with E-state index < -0.39 is 41.3 Å². The lowest BCUT2D eigenvalue weighted by Gasteiger charge is -2.32. The topological polar surface area (TPSA) is 18.5 Å². The quantitative estimate of drug-likeness (QED) is 0.565. The monoisotopic (exact) mass is 380 g/mol. The van der Waals surface area contributed by atoms with E-state index in [2.05, 4.69) is 0 Å². The van der Waals surface area contributed by atoms with E-state index in [4.69, 9.17) is 9.31 Å². The zero-order valence-corrected chi connectivity index (χ0v) is 15.6. The summed E-state index contributed by atoms with van der Waals surface area (Å²) in [5, 5.41) is 0. The summed E-state index contributed by atoms with van der Waals surface area (Å²) >= 11 is 0. The fourth-order valence-electron chi connectivity index (χ4n) is 3.01. The summed E-state index contributed by atoms with van der Waals surface area (Å²) in [6, 6.07) is 11.7. The van der Waals surface area contributed by atoms with Gasteiger partial charge in [-0.2, -0.15) is 13.2 Å². The molecule has 3 rings (SSSR count). The third kappa shape index (κ3) is 3.27. The third-order valence-electron chi connectivity index (χ3n) is 5.40. The molecule has 27 heavy (non-hydrogen) atoms. The minimum Gasteiger partial charge on any atom is -0.399 e. The Labute approximate surface area is 156 Å². The minimum absolute atomic E-state index is 0.458. The molecule has 2 aromatic rings. The molecule has 7 heteroatoms. The van der Waals surface area contributed by atoms with Crippen molar-refractivity contribution in [2.45, 2.75) is 50.7 Å². The molecular formula is C20H21BF4O2. The van der Waals surface area contributed by atoms with Crippen molar-refractivity contribution in [2.75, 3.05) is 0 Å². The van der Waals surface area contributed by atoms with Crippen LogP contribution < -0.4 is 5.46 Å². The molecule has 0 N–H and O–H groups in total. The van der Waals surface area contributed by atoms with Crippen LogP contribution in [0.5, 0.6) is 0 Å². The van der Waals surface area contributed by atoms with Gasteiger partial charge in [0.15, 0.2) is 0 Å². The molecule has 0 aromatic heterocycles. The Kier molecular flexibility index (Phi) is 4.68. The molecule has 0 aliphatic carbocycles. The van der Waals surface area contributed by atoms with Crippen LogP contribution >= 0.6 is 0 Å². The molecule has 144 valence electrons. The molecule has 0 radical (unpaired) electrons. The second-order valence-electron chi connectivity index (χ2n) is 7.73. The highest BCUT2D eigenvalue weighted by Crippen LogP contribution is 2.47. The molecule has 1 aliphatic heterocycles. The van der Waals surface area contributed by atoms with Crippen LogP contribution in [0.3, 0.4) is 0 Å². The van der Waals surface area contributed by atoms with Gasteiger partial charge in [-0.25, -0.2) is 4.39 Å². The second kappa shape index (κ2) is 6.35. The van der Waals surface area contributed by atoms with Crippen LogP contribution in [0.1, 0.15) is 38.8 Å². The van der Waals surface area contributed by atoms with Crippen molar-refractivity contribution in [1.29, 1.82) is 0 Å². The number of alkyl halides is 4. The molecule has 1 aliphatic rings. The van der Waals surface area contributed by atoms with Crippen LogP contribution in [-0.4, -0.2) is 24.5 Å². The number of hydrogen-bond donors (Lipinski definition) is 0. The van der Waals surface area contributed by atoms with Crippen LogP contribution in [0.15, 0.2) is 54.6 Å². The number of benzene rings is 2. The minimum atomic E-state index is -5.10. The lowest BCUT2D eigenvalue weighted by atomic mass is 9.77. The van der Waals surface area contributed by atoms with Crippen molar-refractivity contribution >= 4 is 12.6 Å². The number of hydrogen-bond acceptors (Lipinski definition) is 2. The number of rotatable bonds is 3. The summed E-state index contributed by atoms with van der Waals surface area (Å²) in [7, 11) is -0.722. The van der Waals surface area contributed by atoms with Gasteiger partial charge in [-0.05, 0) is 33.2 Å². The van der Waals surface area contributed by atoms with Crippen molar-refractivity contribution in [2.24, 2.45) is 0 Å². The molecule has 1 fully saturated rings. The van der Waals surface area contributed by atoms with E-state index in [0.717, 1.165) is 24.3 Å². The lowest BCUT2D eigenvalue weighted by molar-refractivity contribution is -0.219. The molecule has 0 amide bonds. The van der Waals surface area contributed by atoms with E-state index >= 15 is 4.39 Å². The standard InChI is InChI=1S/C20H21BF4O2/c1-17(2)18(3,4)27-21(26-17)16-12-10-15(11-13-16)19(22,20(23,24)25)14-8-6-5-7-9-14/h5-13H,1-4H3. The van der Waals surface area contributed by atoms with Gasteiger partial charge in [0.25, 0.3) is 5.67 Å². The summed E-state index contributed by atoms with van der Waals surface area (Å²) in [5.41, 5.74) is -5.15. The second-order valence-corrected chi connectivity index (χ2v) is 7.73. The molecule has 0 saturated carbocycles. The van der Waals surface area contributed by atoms with Crippen LogP contribution in [0.2, 0.25) is 0 Å². The Morgan fingerprint density at radius 1 is 0.704 bits per heavy atom. The first kappa shape index (κ1) is 19.9. The molecule has 1 heterocycles. The van der Waals surface area contributed by atoms with Crippen LogP contribution in [0, 0.1) is 0 Å². The largest absolute Gasteiger partial charge is 0.494 e. The van der Waals surface area contributed by atoms with E-state index in [1.165, 1.54) is 24.3 Å². The average Bonchev–Trinajstić information content (AvgIpc) is 2.82. The SMILES string of the molecule is CC1(C)OB(c2ccc(C(F)(c3ccccc3)C(F)(F)F)cc2)OC1(C)C. The van der Waals surface area contributed by atoms with Gasteiger partial charge in [-0.15, -0.1) is 0 Å². The zero-order valence-electron chi connectivity index (χ0n) is 15.6. The maximum atomic E-state index is 15.3. The van der Waals surface area contributed by atoms with Gasteiger partial charge in [-0.3, -0.25) is 0 Å². The summed E-state index contributed by atoms with van der Waals surface area (Å²) in [5.74, 6) is 0. The normalized spacial score (nSPS) is 21.1. The van der Waals surface area contributed by atoms with Crippen LogP contribution in [0.25, 0.3) is 0 Å². The van der Waals surface area contributed by atoms with E-state index in [1.54, 1.807) is 6.07 Å². The number of halogens is 4. The van der Waals surface area contributed by atoms with E-state index in [9.17, 15) is 13.2 Å². The summed E-state index contributed by atoms with van der Waals surface area (Å²) in [4.78, 5) is 0. The summed E-state index contributed by atoms with van der Waals surface area (Å²) < 4.78 is 68.1. The molecule has 2 nitrogen and oxygen atoms in total. The van der Waals surface area contributed by atoms with Crippen LogP contribution in [0.4, 0.5) is 17.6 Å². The van der Waals surface area contributed by atoms with Crippen molar-refractivity contribution in [1.82, 2.24) is 0 Å². The maximum absolute atomic E-state index is 15.3. The Balaban J connectivity index is 1.97. The molecule has 2 aromatic carbocycles. The fraction of sp³-hybridized carbons (Fsp3) is 0.400. The van der Waals surface area contributed by atoms with E-state index in [-0.39, 0.29) is 0 Å². The van der Waals surface area contributed by atoms with Gasteiger partial charge in [0.05, 0.1) is 11.2 Å². The van der Waals surface area contributed by atoms with Gasteiger partial charge in [0.2, 0.25) is 0 Å². The predicted molar refractivity (Wildman–Crippen MR) is 96.5 cm³/mol. The first-order valence-corrected chi connectivity index (χ1v) is 8.66. The van der Waals surface area contributed by atoms with Gasteiger partial charge in [0.1, 0.15) is 0 Å². The lowest BCUT2D eigenvalue weighted by Crippen LogP contribution is -2.41. The van der Waals surface area contributed by atoms with Crippen molar-refractivity contribution < 1.29 is 26.9 Å². The third-order valence-corrected chi connectivity index (χ3v) is 5.40. The molecule has 1 saturated heterocycles. The Hall–Kier alpha value is -1.86. The first-order chi connectivity index (χ1) is 12.4. The first-order valence-electron chi connectivity index (χ1n) is 8.66.